The van der Waals surface area contributed by atoms with Crippen molar-refractivity contribution in [3.05, 3.63) is 35.7 Å². The van der Waals surface area contributed by atoms with Gasteiger partial charge in [-0.05, 0) is 18.9 Å². The smallest absolute Gasteiger partial charge is 0.315 e. The topological polar surface area (TPSA) is 65.2 Å². The summed E-state index contributed by atoms with van der Waals surface area (Å²) in [4.78, 5) is 16.2. The summed E-state index contributed by atoms with van der Waals surface area (Å²) in [5.41, 5.74) is 1.21. The van der Waals surface area contributed by atoms with Crippen LogP contribution in [-0.4, -0.2) is 20.4 Å². The molecular weight excluding hydrogens is 339 g/mol. The quantitative estimate of drug-likeness (QED) is 0.601. The van der Waals surface area contributed by atoms with Crippen LogP contribution in [0.15, 0.2) is 28.8 Å². The van der Waals surface area contributed by atoms with Crippen LogP contribution in [0, 0.1) is 5.41 Å². The first-order valence-corrected chi connectivity index (χ1v) is 8.08. The molecule has 0 aliphatic heterocycles. The maximum Gasteiger partial charge on any atom is 0.315 e. The first-order valence-electron chi connectivity index (χ1n) is 7.33. The van der Waals surface area contributed by atoms with E-state index in [0.29, 0.717) is 12.2 Å². The fourth-order valence-electron chi connectivity index (χ4n) is 2.23. The number of nitrogens with zero attached hydrogens (tertiary/aromatic N) is 2. The molecule has 23 heavy (non-hydrogen) atoms. The van der Waals surface area contributed by atoms with Gasteiger partial charge in [-0.3, -0.25) is 4.79 Å². The molecule has 1 aliphatic carbocycles. The number of benzene rings is 1. The van der Waals surface area contributed by atoms with E-state index in [-0.39, 0.29) is 12.5 Å². The highest BCUT2D eigenvalue weighted by Crippen LogP contribution is 2.64. The molecule has 0 radical (unpaired) electrons. The molecule has 1 aliphatic rings. The van der Waals surface area contributed by atoms with E-state index in [1.165, 1.54) is 5.56 Å². The van der Waals surface area contributed by atoms with Crippen molar-refractivity contribution < 1.29 is 14.1 Å². The van der Waals surface area contributed by atoms with Gasteiger partial charge in [0.1, 0.15) is 9.75 Å². The molecule has 5 nitrogen and oxygen atoms in total. The van der Waals surface area contributed by atoms with Crippen LogP contribution in [0.3, 0.4) is 0 Å². The van der Waals surface area contributed by atoms with Crippen LogP contribution in [0.4, 0.5) is 0 Å². The van der Waals surface area contributed by atoms with Gasteiger partial charge in [-0.25, -0.2) is 0 Å². The lowest BCUT2D eigenvalue weighted by atomic mass is 10.1. The van der Waals surface area contributed by atoms with E-state index in [4.69, 9.17) is 32.5 Å². The molecule has 0 N–H and O–H groups in total. The standard InChI is InChI=1S/C16H16Cl2N2O3/c1-3-10-4-6-11(7-5-10)13-19-12(23-20-13)8-22-14(21)15(2)9-16(15,17)18/h4-7H,3,8-9H2,1-2H3/t15-/m0/s1. The molecule has 1 aromatic heterocycles. The Labute approximate surface area is 143 Å². The van der Waals surface area contributed by atoms with Gasteiger partial charge in [0.05, 0.1) is 0 Å². The summed E-state index contributed by atoms with van der Waals surface area (Å²) in [6.45, 7) is 3.66. The molecule has 1 aromatic carbocycles. The summed E-state index contributed by atoms with van der Waals surface area (Å²) >= 11 is 11.9. The van der Waals surface area contributed by atoms with Crippen molar-refractivity contribution >= 4 is 29.2 Å². The minimum absolute atomic E-state index is 0.0989. The number of ether oxygens (including phenoxy) is 1. The summed E-state index contributed by atoms with van der Waals surface area (Å²) in [5, 5.41) is 3.90. The Bertz CT molecular complexity index is 727. The van der Waals surface area contributed by atoms with Crippen molar-refractivity contribution in [3.8, 4) is 11.4 Å². The predicted octanol–water partition coefficient (Wildman–Crippen LogP) is 3.93. The fourth-order valence-corrected chi connectivity index (χ4v) is 2.92. The lowest BCUT2D eigenvalue weighted by molar-refractivity contribution is -0.151. The summed E-state index contributed by atoms with van der Waals surface area (Å²) in [5.74, 6) is 0.224. The van der Waals surface area contributed by atoms with Gasteiger partial charge in [0.2, 0.25) is 5.82 Å². The fraction of sp³-hybridized carbons (Fsp3) is 0.438. The number of hydrogen-bond donors (Lipinski definition) is 0. The van der Waals surface area contributed by atoms with E-state index in [2.05, 4.69) is 17.1 Å². The Hall–Kier alpha value is -1.59. The molecule has 7 heteroatoms. The second-order valence-corrected chi connectivity index (χ2v) is 7.34. The normalized spacial score (nSPS) is 21.9. The summed E-state index contributed by atoms with van der Waals surface area (Å²) in [6, 6.07) is 7.89. The van der Waals surface area contributed by atoms with Crippen LogP contribution in [-0.2, 0) is 22.6 Å². The van der Waals surface area contributed by atoms with E-state index >= 15 is 0 Å². The minimum Gasteiger partial charge on any atom is -0.455 e. The molecule has 3 rings (SSSR count). The van der Waals surface area contributed by atoms with Gasteiger partial charge < -0.3 is 9.26 Å². The van der Waals surface area contributed by atoms with Crippen molar-refractivity contribution in [2.75, 3.05) is 0 Å². The number of alkyl halides is 2. The number of esters is 1. The van der Waals surface area contributed by atoms with Crippen LogP contribution < -0.4 is 0 Å². The maximum atomic E-state index is 12.0. The lowest BCUT2D eigenvalue weighted by Crippen LogP contribution is -2.21. The Balaban J connectivity index is 1.62. The van der Waals surface area contributed by atoms with Crippen molar-refractivity contribution in [2.45, 2.75) is 37.6 Å². The molecule has 0 saturated heterocycles. The van der Waals surface area contributed by atoms with Gasteiger partial charge >= 0.3 is 5.97 Å². The third-order valence-corrected chi connectivity index (χ3v) is 5.23. The second-order valence-electron chi connectivity index (χ2n) is 5.85. The number of hydrogen-bond acceptors (Lipinski definition) is 5. The molecule has 0 spiro atoms. The predicted molar refractivity (Wildman–Crippen MR) is 86.1 cm³/mol. The number of carbonyl (C=O) groups is 1. The molecule has 0 amide bonds. The molecule has 122 valence electrons. The molecule has 1 heterocycles. The zero-order chi connectivity index (χ0) is 16.7. The number of aryl methyl sites for hydroxylation is 1. The van der Waals surface area contributed by atoms with E-state index in [1.54, 1.807) is 6.92 Å². The van der Waals surface area contributed by atoms with Gasteiger partial charge in [-0.15, -0.1) is 23.2 Å². The van der Waals surface area contributed by atoms with Crippen molar-refractivity contribution in [3.63, 3.8) is 0 Å². The van der Waals surface area contributed by atoms with Crippen LogP contribution >= 0.6 is 23.2 Å². The molecule has 1 saturated carbocycles. The lowest BCUT2D eigenvalue weighted by Gasteiger charge is -2.09. The third kappa shape index (κ3) is 3.08. The van der Waals surface area contributed by atoms with Gasteiger partial charge in [-0.1, -0.05) is 36.3 Å². The average Bonchev–Trinajstić information content (AvgIpc) is 2.91. The largest absolute Gasteiger partial charge is 0.455 e. The third-order valence-electron chi connectivity index (χ3n) is 4.12. The monoisotopic (exact) mass is 354 g/mol. The maximum absolute atomic E-state index is 12.0. The Kier molecular flexibility index (Phi) is 4.10. The summed E-state index contributed by atoms with van der Waals surface area (Å²) < 4.78 is 9.23. The van der Waals surface area contributed by atoms with Crippen LogP contribution in [0.5, 0.6) is 0 Å². The Morgan fingerprint density at radius 1 is 1.35 bits per heavy atom. The van der Waals surface area contributed by atoms with Crippen molar-refractivity contribution in [1.29, 1.82) is 0 Å². The molecule has 0 bridgehead atoms. The van der Waals surface area contributed by atoms with Crippen LogP contribution in [0.25, 0.3) is 11.4 Å². The van der Waals surface area contributed by atoms with Crippen molar-refractivity contribution in [2.24, 2.45) is 5.41 Å². The highest BCUT2D eigenvalue weighted by molar-refractivity contribution is 6.53. The SMILES string of the molecule is CCc1ccc(-c2noc(COC(=O)[C@]3(C)CC3(Cl)Cl)n2)cc1. The molecule has 1 fully saturated rings. The number of aromatic nitrogens is 2. The first-order chi connectivity index (χ1) is 10.9. The van der Waals surface area contributed by atoms with E-state index in [1.807, 2.05) is 24.3 Å². The average molecular weight is 355 g/mol. The van der Waals surface area contributed by atoms with E-state index in [0.717, 1.165) is 12.0 Å². The number of halogens is 2. The highest BCUT2D eigenvalue weighted by Gasteiger charge is 2.69. The van der Waals surface area contributed by atoms with Crippen LogP contribution in [0.1, 0.15) is 31.7 Å². The zero-order valence-corrected chi connectivity index (χ0v) is 14.3. The first kappa shape index (κ1) is 16.3. The number of rotatable bonds is 5. The zero-order valence-electron chi connectivity index (χ0n) is 12.8. The Morgan fingerprint density at radius 3 is 2.57 bits per heavy atom. The second kappa shape index (κ2) is 5.80. The van der Waals surface area contributed by atoms with Gasteiger partial charge in [0, 0.05) is 12.0 Å². The van der Waals surface area contributed by atoms with Gasteiger partial charge in [-0.2, -0.15) is 4.98 Å². The van der Waals surface area contributed by atoms with E-state index in [9.17, 15) is 4.79 Å². The summed E-state index contributed by atoms with van der Waals surface area (Å²) in [7, 11) is 0. The Morgan fingerprint density at radius 2 is 2.00 bits per heavy atom. The van der Waals surface area contributed by atoms with Gasteiger partial charge in [0.25, 0.3) is 5.89 Å². The summed E-state index contributed by atoms with van der Waals surface area (Å²) in [6.07, 6.45) is 1.34. The highest BCUT2D eigenvalue weighted by atomic mass is 35.5. The van der Waals surface area contributed by atoms with Gasteiger partial charge in [0.15, 0.2) is 6.61 Å². The number of carbonyl (C=O) groups excluding carboxylic acids is 1. The van der Waals surface area contributed by atoms with E-state index < -0.39 is 15.7 Å². The minimum atomic E-state index is -1.05. The molecule has 0 unspecified atom stereocenters. The van der Waals surface area contributed by atoms with Crippen LogP contribution in [0.2, 0.25) is 0 Å². The molecule has 1 atom stereocenters. The molecule has 2 aromatic rings. The molecular formula is C16H16Cl2N2O3. The van der Waals surface area contributed by atoms with Crippen molar-refractivity contribution in [1.82, 2.24) is 10.1 Å².